The number of hydrogen-bond acceptors (Lipinski definition) is 5. The number of rotatable bonds is 5. The number of nitrogens with zero attached hydrogens (tertiary/aromatic N) is 3. The summed E-state index contributed by atoms with van der Waals surface area (Å²) in [5, 5.41) is 9.71. The number of H-pyrrole nitrogens is 1. The van der Waals surface area contributed by atoms with E-state index in [2.05, 4.69) is 20.4 Å². The van der Waals surface area contributed by atoms with Gasteiger partial charge in [-0.05, 0) is 6.26 Å². The van der Waals surface area contributed by atoms with Gasteiger partial charge in [0.1, 0.15) is 5.69 Å². The van der Waals surface area contributed by atoms with E-state index in [0.29, 0.717) is 32.7 Å². The van der Waals surface area contributed by atoms with Crippen LogP contribution in [-0.2, 0) is 0 Å². The molecule has 7 nitrogen and oxygen atoms in total. The van der Waals surface area contributed by atoms with E-state index in [0.717, 1.165) is 22.7 Å². The van der Waals surface area contributed by atoms with Crippen molar-refractivity contribution < 1.29 is 4.79 Å². The molecule has 0 saturated carbocycles. The Labute approximate surface area is 156 Å². The van der Waals surface area contributed by atoms with E-state index in [-0.39, 0.29) is 11.6 Å². The molecule has 0 aliphatic carbocycles. The molecule has 2 N–H and O–H groups in total. The quantitative estimate of drug-likeness (QED) is 0.779. The second kappa shape index (κ2) is 8.75. The van der Waals surface area contributed by atoms with E-state index in [1.54, 1.807) is 17.8 Å². The highest BCUT2D eigenvalue weighted by molar-refractivity contribution is 7.98. The molecular formula is C18H23N5O2S. The summed E-state index contributed by atoms with van der Waals surface area (Å²) in [5.41, 5.74) is 2.29. The van der Waals surface area contributed by atoms with Crippen LogP contribution in [0.1, 0.15) is 0 Å². The first-order chi connectivity index (χ1) is 12.7. The van der Waals surface area contributed by atoms with E-state index in [1.807, 2.05) is 41.5 Å². The number of thioether (sulfide) groups is 1. The highest BCUT2D eigenvalue weighted by Gasteiger charge is 2.23. The molecule has 0 radical (unpaired) electrons. The van der Waals surface area contributed by atoms with Gasteiger partial charge in [0.2, 0.25) is 0 Å². The van der Waals surface area contributed by atoms with E-state index in [1.165, 1.54) is 0 Å². The van der Waals surface area contributed by atoms with Gasteiger partial charge in [-0.3, -0.25) is 4.79 Å². The van der Waals surface area contributed by atoms with Crippen LogP contribution in [0.5, 0.6) is 0 Å². The summed E-state index contributed by atoms with van der Waals surface area (Å²) < 4.78 is 0. The van der Waals surface area contributed by atoms with Crippen molar-refractivity contribution in [1.82, 2.24) is 20.4 Å². The lowest BCUT2D eigenvalue weighted by Crippen LogP contribution is -2.52. The van der Waals surface area contributed by atoms with Crippen molar-refractivity contribution in [1.29, 1.82) is 0 Å². The van der Waals surface area contributed by atoms with Crippen LogP contribution in [0.25, 0.3) is 11.3 Å². The molecule has 1 saturated heterocycles. The molecule has 1 fully saturated rings. The second-order valence-corrected chi connectivity index (χ2v) is 7.02. The standard InChI is InChI=1S/C18H23N5O2S/c1-26-12-7-19-18(25)23-10-8-22(9-11-23)15-13-16(24)20-21-17(15)14-5-3-2-4-6-14/h2-6,13H,7-12H2,1H3,(H,19,25)(H,20,24). The third-order valence-corrected chi connectivity index (χ3v) is 4.94. The smallest absolute Gasteiger partial charge is 0.317 e. The number of aromatic amines is 1. The fraction of sp³-hybridized carbons (Fsp3) is 0.389. The van der Waals surface area contributed by atoms with Crippen molar-refractivity contribution in [3.63, 3.8) is 0 Å². The lowest BCUT2D eigenvalue weighted by atomic mass is 10.1. The highest BCUT2D eigenvalue weighted by atomic mass is 32.2. The van der Waals surface area contributed by atoms with Crippen LogP contribution >= 0.6 is 11.8 Å². The molecule has 1 aliphatic rings. The van der Waals surface area contributed by atoms with Gasteiger partial charge in [-0.15, -0.1) is 0 Å². The molecule has 1 aliphatic heterocycles. The molecule has 0 atom stereocenters. The van der Waals surface area contributed by atoms with Crippen molar-refractivity contribution in [3.8, 4) is 11.3 Å². The Kier molecular flexibility index (Phi) is 6.17. The van der Waals surface area contributed by atoms with E-state index >= 15 is 0 Å². The number of aromatic nitrogens is 2. The summed E-state index contributed by atoms with van der Waals surface area (Å²) >= 11 is 1.71. The molecule has 8 heteroatoms. The minimum absolute atomic E-state index is 0.0222. The van der Waals surface area contributed by atoms with Crippen LogP contribution in [0.4, 0.5) is 10.5 Å². The number of nitrogens with one attached hydrogen (secondary N) is 2. The lowest BCUT2D eigenvalue weighted by molar-refractivity contribution is 0.195. The average Bonchev–Trinajstić information content (AvgIpc) is 2.69. The zero-order valence-corrected chi connectivity index (χ0v) is 15.6. The van der Waals surface area contributed by atoms with Crippen LogP contribution in [0.15, 0.2) is 41.2 Å². The van der Waals surface area contributed by atoms with Crippen LogP contribution in [0, 0.1) is 0 Å². The van der Waals surface area contributed by atoms with Crippen molar-refractivity contribution >= 4 is 23.5 Å². The van der Waals surface area contributed by atoms with E-state index < -0.39 is 0 Å². The molecule has 0 unspecified atom stereocenters. The van der Waals surface area contributed by atoms with Gasteiger partial charge in [0.15, 0.2) is 0 Å². The number of anilines is 1. The lowest BCUT2D eigenvalue weighted by Gasteiger charge is -2.36. The van der Waals surface area contributed by atoms with Crippen molar-refractivity contribution in [2.75, 3.05) is 49.6 Å². The topological polar surface area (TPSA) is 81.3 Å². The first-order valence-corrected chi connectivity index (χ1v) is 10.00. The van der Waals surface area contributed by atoms with Crippen LogP contribution in [-0.4, -0.2) is 65.9 Å². The first-order valence-electron chi connectivity index (χ1n) is 8.61. The zero-order chi connectivity index (χ0) is 18.4. The third kappa shape index (κ3) is 4.37. The predicted octanol–water partition coefficient (Wildman–Crippen LogP) is 1.63. The van der Waals surface area contributed by atoms with Crippen molar-refractivity contribution in [2.24, 2.45) is 0 Å². The minimum Gasteiger partial charge on any atom is -0.366 e. The average molecular weight is 373 g/mol. The SMILES string of the molecule is CSCCNC(=O)N1CCN(c2cc(=O)[nH]nc2-c2ccccc2)CC1. The summed E-state index contributed by atoms with van der Waals surface area (Å²) in [6, 6.07) is 11.4. The van der Waals surface area contributed by atoms with Gasteiger partial charge < -0.3 is 15.1 Å². The maximum Gasteiger partial charge on any atom is 0.317 e. The number of hydrogen-bond donors (Lipinski definition) is 2. The molecule has 1 aromatic heterocycles. The summed E-state index contributed by atoms with van der Waals surface area (Å²) in [6.45, 7) is 3.25. The Morgan fingerprint density at radius 3 is 2.65 bits per heavy atom. The monoisotopic (exact) mass is 373 g/mol. The van der Waals surface area contributed by atoms with Crippen LogP contribution in [0.2, 0.25) is 0 Å². The summed E-state index contributed by atoms with van der Waals surface area (Å²) in [6.07, 6.45) is 2.02. The molecule has 0 spiro atoms. The minimum atomic E-state index is -0.225. The molecule has 2 amide bonds. The summed E-state index contributed by atoms with van der Waals surface area (Å²) in [7, 11) is 0. The van der Waals surface area contributed by atoms with Crippen LogP contribution < -0.4 is 15.8 Å². The molecule has 2 aromatic rings. The zero-order valence-electron chi connectivity index (χ0n) is 14.8. The maximum atomic E-state index is 12.2. The van der Waals surface area contributed by atoms with Gasteiger partial charge in [0.25, 0.3) is 5.56 Å². The van der Waals surface area contributed by atoms with Gasteiger partial charge in [-0.1, -0.05) is 30.3 Å². The summed E-state index contributed by atoms with van der Waals surface area (Å²) in [5.74, 6) is 0.907. The Morgan fingerprint density at radius 2 is 1.96 bits per heavy atom. The van der Waals surface area contributed by atoms with Gasteiger partial charge >= 0.3 is 6.03 Å². The Balaban J connectivity index is 1.71. The Morgan fingerprint density at radius 1 is 1.23 bits per heavy atom. The Hall–Kier alpha value is -2.48. The second-order valence-electron chi connectivity index (χ2n) is 6.03. The number of amides is 2. The fourth-order valence-corrected chi connectivity index (χ4v) is 3.27. The van der Waals surface area contributed by atoms with Crippen molar-refractivity contribution in [3.05, 3.63) is 46.8 Å². The van der Waals surface area contributed by atoms with Gasteiger partial charge in [-0.2, -0.15) is 16.9 Å². The third-order valence-electron chi connectivity index (χ3n) is 4.33. The predicted molar refractivity (Wildman–Crippen MR) is 106 cm³/mol. The van der Waals surface area contributed by atoms with Gasteiger partial charge in [0.05, 0.1) is 5.69 Å². The Bertz CT molecular complexity index is 788. The number of piperazine rings is 1. The van der Waals surface area contributed by atoms with Crippen molar-refractivity contribution in [2.45, 2.75) is 0 Å². The van der Waals surface area contributed by atoms with Gasteiger partial charge in [-0.25, -0.2) is 9.89 Å². The van der Waals surface area contributed by atoms with E-state index in [4.69, 9.17) is 0 Å². The number of benzene rings is 1. The molecule has 2 heterocycles. The molecule has 26 heavy (non-hydrogen) atoms. The molecular weight excluding hydrogens is 350 g/mol. The van der Waals surface area contributed by atoms with Gasteiger partial charge in [0, 0.05) is 50.1 Å². The summed E-state index contributed by atoms with van der Waals surface area (Å²) in [4.78, 5) is 27.9. The number of carbonyl (C=O) groups is 1. The normalized spacial score (nSPS) is 14.3. The molecule has 0 bridgehead atoms. The maximum absolute atomic E-state index is 12.2. The number of carbonyl (C=O) groups excluding carboxylic acids is 1. The largest absolute Gasteiger partial charge is 0.366 e. The van der Waals surface area contributed by atoms with Crippen LogP contribution in [0.3, 0.4) is 0 Å². The molecule has 138 valence electrons. The number of urea groups is 1. The highest BCUT2D eigenvalue weighted by Crippen LogP contribution is 2.27. The van der Waals surface area contributed by atoms with E-state index in [9.17, 15) is 9.59 Å². The molecule has 3 rings (SSSR count). The first kappa shape index (κ1) is 18.3. The molecule has 1 aromatic carbocycles. The fourth-order valence-electron chi connectivity index (χ4n) is 2.96.